The van der Waals surface area contributed by atoms with E-state index in [1.165, 1.54) is 0 Å². The Balaban J connectivity index is 2.07. The first-order valence-electron chi connectivity index (χ1n) is 4.46. The number of rotatable bonds is 3. The molecule has 0 saturated carbocycles. The first-order chi connectivity index (χ1) is 7.25. The molecule has 6 heteroatoms. The third-order valence-electron chi connectivity index (χ3n) is 1.90. The highest BCUT2D eigenvalue weighted by Crippen LogP contribution is 2.13. The molecular formula is C9H11N5S. The van der Waals surface area contributed by atoms with Crippen LogP contribution in [0.15, 0.2) is 17.9 Å². The van der Waals surface area contributed by atoms with Crippen molar-refractivity contribution in [1.29, 1.82) is 0 Å². The Kier molecular flexibility index (Phi) is 2.77. The van der Waals surface area contributed by atoms with Gasteiger partial charge >= 0.3 is 0 Å². The van der Waals surface area contributed by atoms with Crippen molar-refractivity contribution in [2.45, 2.75) is 13.5 Å². The molecule has 15 heavy (non-hydrogen) atoms. The van der Waals surface area contributed by atoms with Crippen molar-refractivity contribution in [2.75, 3.05) is 11.1 Å². The minimum absolute atomic E-state index is 0.285. The van der Waals surface area contributed by atoms with Gasteiger partial charge in [-0.2, -0.15) is 4.98 Å². The van der Waals surface area contributed by atoms with E-state index in [2.05, 4.69) is 20.3 Å². The summed E-state index contributed by atoms with van der Waals surface area (Å²) >= 11 is 1.60. The van der Waals surface area contributed by atoms with E-state index in [0.717, 1.165) is 16.3 Å². The number of aryl methyl sites for hydroxylation is 1. The predicted molar refractivity (Wildman–Crippen MR) is 60.6 cm³/mol. The van der Waals surface area contributed by atoms with E-state index in [1.807, 2.05) is 13.1 Å². The van der Waals surface area contributed by atoms with Gasteiger partial charge in [0.15, 0.2) is 0 Å². The number of nitrogens with two attached hydrogens (primary N) is 1. The van der Waals surface area contributed by atoms with Crippen LogP contribution in [0.5, 0.6) is 0 Å². The molecule has 0 saturated heterocycles. The molecule has 2 rings (SSSR count). The quantitative estimate of drug-likeness (QED) is 0.820. The van der Waals surface area contributed by atoms with Gasteiger partial charge in [-0.3, -0.25) is 4.98 Å². The summed E-state index contributed by atoms with van der Waals surface area (Å²) in [5.41, 5.74) is 8.29. The van der Waals surface area contributed by atoms with Crippen molar-refractivity contribution >= 4 is 23.1 Å². The fraction of sp³-hybridized carbons (Fsp3) is 0.222. The summed E-state index contributed by atoms with van der Waals surface area (Å²) in [6, 6.07) is 0. The fourth-order valence-electron chi connectivity index (χ4n) is 1.13. The maximum absolute atomic E-state index is 5.50. The second-order valence-corrected chi connectivity index (χ2v) is 4.05. The topological polar surface area (TPSA) is 76.7 Å². The lowest BCUT2D eigenvalue weighted by Crippen LogP contribution is -2.05. The summed E-state index contributed by atoms with van der Waals surface area (Å²) < 4.78 is 0. The van der Waals surface area contributed by atoms with E-state index >= 15 is 0 Å². The van der Waals surface area contributed by atoms with E-state index in [0.29, 0.717) is 6.54 Å². The number of aromatic nitrogens is 3. The Morgan fingerprint density at radius 1 is 1.47 bits per heavy atom. The number of nitrogens with one attached hydrogen (secondary N) is 1. The van der Waals surface area contributed by atoms with Crippen LogP contribution in [-0.2, 0) is 6.54 Å². The van der Waals surface area contributed by atoms with Crippen molar-refractivity contribution in [3.8, 4) is 0 Å². The number of hydrogen-bond donors (Lipinski definition) is 2. The first kappa shape index (κ1) is 9.85. The molecule has 0 aromatic carbocycles. The Hall–Kier alpha value is -1.69. The fourth-order valence-corrected chi connectivity index (χ4v) is 1.67. The van der Waals surface area contributed by atoms with Crippen molar-refractivity contribution in [3.05, 3.63) is 28.3 Å². The third-order valence-corrected chi connectivity index (χ3v) is 2.68. The largest absolute Gasteiger partial charge is 0.368 e. The molecule has 0 fully saturated rings. The van der Waals surface area contributed by atoms with Gasteiger partial charge < -0.3 is 11.1 Å². The Morgan fingerprint density at radius 3 is 3.07 bits per heavy atom. The van der Waals surface area contributed by atoms with Crippen LogP contribution in [0.3, 0.4) is 0 Å². The van der Waals surface area contributed by atoms with Gasteiger partial charge in [0.05, 0.1) is 12.1 Å². The summed E-state index contributed by atoms with van der Waals surface area (Å²) in [6.45, 7) is 2.65. The lowest BCUT2D eigenvalue weighted by molar-refractivity contribution is 1.08. The number of hydrogen-bond acceptors (Lipinski definition) is 6. The lowest BCUT2D eigenvalue weighted by atomic mass is 10.3. The second kappa shape index (κ2) is 4.22. The van der Waals surface area contributed by atoms with Crippen LogP contribution in [-0.4, -0.2) is 15.0 Å². The van der Waals surface area contributed by atoms with Crippen LogP contribution in [0.4, 0.5) is 11.8 Å². The minimum Gasteiger partial charge on any atom is -0.368 e. The summed E-state index contributed by atoms with van der Waals surface area (Å²) in [5, 5.41) is 3.20. The van der Waals surface area contributed by atoms with Gasteiger partial charge in [0, 0.05) is 22.8 Å². The average Bonchev–Trinajstić information content (AvgIpc) is 2.72. The van der Waals surface area contributed by atoms with Gasteiger partial charge in [-0.1, -0.05) is 0 Å². The first-order valence-corrected chi connectivity index (χ1v) is 5.34. The van der Waals surface area contributed by atoms with Gasteiger partial charge in [0.25, 0.3) is 0 Å². The van der Waals surface area contributed by atoms with E-state index in [1.54, 1.807) is 23.0 Å². The SMILES string of the molecule is Cc1cnc(N)nc1NCc1cncs1. The van der Waals surface area contributed by atoms with Gasteiger partial charge in [0.2, 0.25) is 5.95 Å². The molecule has 0 aliphatic rings. The van der Waals surface area contributed by atoms with Gasteiger partial charge in [-0.05, 0) is 6.92 Å². The van der Waals surface area contributed by atoms with E-state index in [4.69, 9.17) is 5.73 Å². The third kappa shape index (κ3) is 2.41. The molecule has 2 aromatic heterocycles. The number of anilines is 2. The Bertz CT molecular complexity index is 440. The van der Waals surface area contributed by atoms with Crippen LogP contribution in [0.25, 0.3) is 0 Å². The number of nitrogens with zero attached hydrogens (tertiary/aromatic N) is 3. The summed E-state index contributed by atoms with van der Waals surface area (Å²) in [6.07, 6.45) is 3.54. The van der Waals surface area contributed by atoms with Crippen LogP contribution in [0.2, 0.25) is 0 Å². The summed E-state index contributed by atoms with van der Waals surface area (Å²) in [5.74, 6) is 1.06. The highest BCUT2D eigenvalue weighted by Gasteiger charge is 2.01. The average molecular weight is 221 g/mol. The summed E-state index contributed by atoms with van der Waals surface area (Å²) in [7, 11) is 0. The molecule has 3 N–H and O–H groups in total. The predicted octanol–water partition coefficient (Wildman–Crippen LogP) is 1.44. The molecule has 0 spiro atoms. The molecular weight excluding hydrogens is 210 g/mol. The van der Waals surface area contributed by atoms with Crippen LogP contribution >= 0.6 is 11.3 Å². The smallest absolute Gasteiger partial charge is 0.221 e. The van der Waals surface area contributed by atoms with E-state index in [-0.39, 0.29) is 5.95 Å². The normalized spacial score (nSPS) is 10.2. The van der Waals surface area contributed by atoms with Crippen LogP contribution in [0.1, 0.15) is 10.4 Å². The maximum Gasteiger partial charge on any atom is 0.221 e. The molecule has 0 aliphatic heterocycles. The van der Waals surface area contributed by atoms with Crippen molar-refractivity contribution < 1.29 is 0 Å². The Morgan fingerprint density at radius 2 is 2.33 bits per heavy atom. The van der Waals surface area contributed by atoms with Crippen LogP contribution in [0, 0.1) is 6.92 Å². The van der Waals surface area contributed by atoms with E-state index in [9.17, 15) is 0 Å². The molecule has 5 nitrogen and oxygen atoms in total. The monoisotopic (exact) mass is 221 g/mol. The molecule has 0 atom stereocenters. The van der Waals surface area contributed by atoms with Gasteiger partial charge in [0.1, 0.15) is 5.82 Å². The standard InChI is InChI=1S/C9H11N5S/c1-6-2-13-9(10)14-8(6)12-4-7-3-11-5-15-7/h2-3,5H,4H2,1H3,(H3,10,12,13,14). The zero-order valence-electron chi connectivity index (χ0n) is 8.27. The lowest BCUT2D eigenvalue weighted by Gasteiger charge is -2.06. The zero-order valence-corrected chi connectivity index (χ0v) is 9.08. The summed E-state index contributed by atoms with van der Waals surface area (Å²) in [4.78, 5) is 13.2. The van der Waals surface area contributed by atoms with Gasteiger partial charge in [-0.25, -0.2) is 4.98 Å². The molecule has 0 radical (unpaired) electrons. The molecule has 2 heterocycles. The van der Waals surface area contributed by atoms with E-state index < -0.39 is 0 Å². The molecule has 0 unspecified atom stereocenters. The van der Waals surface area contributed by atoms with Crippen molar-refractivity contribution in [1.82, 2.24) is 15.0 Å². The molecule has 0 amide bonds. The van der Waals surface area contributed by atoms with Crippen molar-refractivity contribution in [2.24, 2.45) is 0 Å². The second-order valence-electron chi connectivity index (χ2n) is 3.08. The minimum atomic E-state index is 0.285. The van der Waals surface area contributed by atoms with Crippen LogP contribution < -0.4 is 11.1 Å². The zero-order chi connectivity index (χ0) is 10.7. The molecule has 78 valence electrons. The maximum atomic E-state index is 5.50. The number of nitrogen functional groups attached to an aromatic ring is 1. The van der Waals surface area contributed by atoms with Gasteiger partial charge in [-0.15, -0.1) is 11.3 Å². The molecule has 0 bridgehead atoms. The van der Waals surface area contributed by atoms with Crippen molar-refractivity contribution in [3.63, 3.8) is 0 Å². The molecule has 2 aromatic rings. The number of thiazole rings is 1. The highest BCUT2D eigenvalue weighted by molar-refractivity contribution is 7.09. The Labute approximate surface area is 91.4 Å². The highest BCUT2D eigenvalue weighted by atomic mass is 32.1. The molecule has 0 aliphatic carbocycles.